The third-order valence-electron chi connectivity index (χ3n) is 12.5. The van der Waals surface area contributed by atoms with E-state index in [0.717, 1.165) is 50.0 Å². The maximum Gasteiger partial charge on any atom is 0.315 e. The highest BCUT2D eigenvalue weighted by molar-refractivity contribution is 8.00. The molecule has 1 aromatic rings. The van der Waals surface area contributed by atoms with Crippen LogP contribution in [-0.4, -0.2) is 193 Å². The Hall–Kier alpha value is -4.43. The summed E-state index contributed by atoms with van der Waals surface area (Å²) in [7, 11) is 0. The van der Waals surface area contributed by atoms with Crippen molar-refractivity contribution in [1.82, 2.24) is 42.5 Å². The molecule has 9 amide bonds. The largest absolute Gasteiger partial charge is 0.379 e. The van der Waals surface area contributed by atoms with Crippen molar-refractivity contribution < 1.29 is 62.0 Å². The fourth-order valence-corrected chi connectivity index (χ4v) is 11.8. The molecular formula is C50H81N9O13S2. The lowest BCUT2D eigenvalue weighted by molar-refractivity contribution is -0.122. The number of rotatable bonds is 41. The molecular weight excluding hydrogens is 999 g/mol. The molecule has 9 N–H and O–H groups in total. The van der Waals surface area contributed by atoms with Gasteiger partial charge in [-0.2, -0.15) is 23.5 Å². The zero-order valence-corrected chi connectivity index (χ0v) is 44.7. The number of hydrogen-bond donors (Lipinski definition) is 9. The predicted octanol–water partition coefficient (Wildman–Crippen LogP) is 2.45. The van der Waals surface area contributed by atoms with E-state index in [2.05, 4.69) is 47.9 Å². The molecule has 0 aliphatic carbocycles. The maximum absolute atomic E-state index is 13.0. The summed E-state index contributed by atoms with van der Waals surface area (Å²) in [5.74, 6) is 0.868. The summed E-state index contributed by atoms with van der Waals surface area (Å²) in [4.78, 5) is 85.2. The quantitative estimate of drug-likeness (QED) is 0.0337. The second-order valence-electron chi connectivity index (χ2n) is 18.5. The van der Waals surface area contributed by atoms with Crippen LogP contribution in [0.4, 0.5) is 15.3 Å². The molecule has 0 spiro atoms. The van der Waals surface area contributed by atoms with Gasteiger partial charge < -0.3 is 76.3 Å². The second-order valence-corrected chi connectivity index (χ2v) is 21.1. The molecule has 1 aromatic carbocycles. The van der Waals surface area contributed by atoms with Gasteiger partial charge in [-0.25, -0.2) is 9.59 Å². The topological polar surface area (TPSA) is 283 Å². The van der Waals surface area contributed by atoms with E-state index in [1.54, 1.807) is 0 Å². The molecule has 4 fully saturated rings. The predicted molar refractivity (Wildman–Crippen MR) is 283 cm³/mol. The number of hydrogen-bond acceptors (Lipinski definition) is 15. The van der Waals surface area contributed by atoms with Crippen molar-refractivity contribution >= 4 is 70.8 Å². The summed E-state index contributed by atoms with van der Waals surface area (Å²) in [5.41, 5.74) is 0.794. The number of fused-ring (bicyclic) bond motifs is 2. The van der Waals surface area contributed by atoms with E-state index in [9.17, 15) is 33.6 Å². The molecule has 0 bridgehead atoms. The summed E-state index contributed by atoms with van der Waals surface area (Å²) >= 11 is 3.78. The standard InChI is InChI=1S/C50H81N9O13S2/c1-35(60)55-38-31-36(47(63)53-16-8-20-69-24-28-71-26-22-67-18-6-14-51-43(61)12-4-2-10-41-45-39(33-73-41)56-49(65)58-45)30-37(32-38)48(64)54-17-9-21-70-25-29-72-27-23-68-19-7-15-52-44(62)13-5-3-11-42-46-40(34-74-42)57-50(66)59-46/h30-32,39-42,45-46H,2-29,33-34H2,1H3,(H,51,61)(H,52,62)(H,53,63)(H,54,64)(H,55,60)(H2,56,58,65)(H2,57,59,66). The molecule has 24 heteroatoms. The van der Waals surface area contributed by atoms with E-state index in [4.69, 9.17) is 28.4 Å². The van der Waals surface area contributed by atoms with Crippen molar-refractivity contribution in [3.05, 3.63) is 29.3 Å². The van der Waals surface area contributed by atoms with Crippen molar-refractivity contribution in [2.75, 3.05) is 122 Å². The molecule has 74 heavy (non-hydrogen) atoms. The molecule has 416 valence electrons. The number of amides is 9. The fourth-order valence-electron chi connectivity index (χ4n) is 8.73. The lowest BCUT2D eigenvalue weighted by Crippen LogP contribution is -2.36. The number of benzene rings is 1. The van der Waals surface area contributed by atoms with Crippen LogP contribution in [0.15, 0.2) is 18.2 Å². The second kappa shape index (κ2) is 35.8. The van der Waals surface area contributed by atoms with Gasteiger partial charge in [-0.3, -0.25) is 24.0 Å². The van der Waals surface area contributed by atoms with E-state index >= 15 is 0 Å². The fraction of sp³-hybridized carbons (Fsp3) is 0.740. The minimum Gasteiger partial charge on any atom is -0.379 e. The summed E-state index contributed by atoms with van der Waals surface area (Å²) in [6.07, 6.45) is 9.10. The Morgan fingerprint density at radius 3 is 1.23 bits per heavy atom. The molecule has 0 saturated carbocycles. The lowest BCUT2D eigenvalue weighted by atomic mass is 10.0. The normalized spacial score (nSPS) is 20.4. The Bertz CT molecular complexity index is 1790. The van der Waals surface area contributed by atoms with Crippen LogP contribution in [0.2, 0.25) is 0 Å². The molecule has 0 aromatic heterocycles. The highest BCUT2D eigenvalue weighted by Gasteiger charge is 2.43. The van der Waals surface area contributed by atoms with Gasteiger partial charge in [-0.05, 0) is 69.6 Å². The van der Waals surface area contributed by atoms with Crippen LogP contribution in [0.3, 0.4) is 0 Å². The number of thioether (sulfide) groups is 2. The van der Waals surface area contributed by atoms with E-state index in [1.165, 1.54) is 25.1 Å². The summed E-state index contributed by atoms with van der Waals surface area (Å²) in [6, 6.07) is 5.23. The van der Waals surface area contributed by atoms with E-state index in [0.29, 0.717) is 160 Å². The van der Waals surface area contributed by atoms with Crippen LogP contribution in [0.1, 0.15) is 105 Å². The van der Waals surface area contributed by atoms with Crippen molar-refractivity contribution in [3.8, 4) is 0 Å². The average Bonchev–Trinajstić information content (AvgIpc) is 4.15. The van der Waals surface area contributed by atoms with Crippen LogP contribution >= 0.6 is 23.5 Å². The smallest absolute Gasteiger partial charge is 0.315 e. The first-order chi connectivity index (χ1) is 36.0. The third-order valence-corrected chi connectivity index (χ3v) is 15.5. The molecule has 6 unspecified atom stereocenters. The van der Waals surface area contributed by atoms with Crippen LogP contribution in [0.5, 0.6) is 0 Å². The molecule has 6 atom stereocenters. The average molecular weight is 1080 g/mol. The number of nitrogens with one attached hydrogen (secondary N) is 9. The molecule has 0 radical (unpaired) electrons. The van der Waals surface area contributed by atoms with E-state index in [-0.39, 0.29) is 76.9 Å². The zero-order chi connectivity index (χ0) is 52.6. The van der Waals surface area contributed by atoms with Crippen LogP contribution in [0, 0.1) is 0 Å². The van der Waals surface area contributed by atoms with Gasteiger partial charge in [0.2, 0.25) is 17.7 Å². The number of urea groups is 2. The van der Waals surface area contributed by atoms with E-state index in [1.807, 2.05) is 23.5 Å². The van der Waals surface area contributed by atoms with Crippen LogP contribution < -0.4 is 47.9 Å². The van der Waals surface area contributed by atoms with Crippen molar-refractivity contribution in [1.29, 1.82) is 0 Å². The SMILES string of the molecule is CC(=O)Nc1cc(C(=O)NCCCOCCOCCOCCCNC(=O)CCCCC2SCC3NC(=O)NC32)cc(C(=O)NCCCOCCOCCOCCCNC(=O)CCCCC2SCC3NC(=O)NC32)c1. The minimum atomic E-state index is -0.390. The summed E-state index contributed by atoms with van der Waals surface area (Å²) in [5, 5.41) is 27.0. The van der Waals surface area contributed by atoms with Gasteiger partial charge in [-0.1, -0.05) is 12.8 Å². The first kappa shape index (κ1) is 60.4. The van der Waals surface area contributed by atoms with Gasteiger partial charge in [0.05, 0.1) is 77.0 Å². The van der Waals surface area contributed by atoms with Gasteiger partial charge >= 0.3 is 12.1 Å². The maximum atomic E-state index is 13.0. The summed E-state index contributed by atoms with van der Waals surface area (Å²) < 4.78 is 33.5. The zero-order valence-electron chi connectivity index (χ0n) is 43.0. The molecule has 5 rings (SSSR count). The number of anilines is 1. The molecule has 4 aliphatic heterocycles. The number of unbranched alkanes of at least 4 members (excludes halogenated alkanes) is 2. The first-order valence-corrected chi connectivity index (χ1v) is 28.5. The van der Waals surface area contributed by atoms with Gasteiger partial charge in [0.1, 0.15) is 0 Å². The molecule has 4 saturated heterocycles. The highest BCUT2D eigenvalue weighted by Crippen LogP contribution is 2.34. The van der Waals surface area contributed by atoms with Gasteiger partial charge in [0, 0.05) is 111 Å². The van der Waals surface area contributed by atoms with Crippen molar-refractivity contribution in [3.63, 3.8) is 0 Å². The molecule has 4 heterocycles. The first-order valence-electron chi connectivity index (χ1n) is 26.4. The number of carbonyl (C=O) groups excluding carboxylic acids is 7. The Labute approximate surface area is 443 Å². The Morgan fingerprint density at radius 2 is 0.851 bits per heavy atom. The lowest BCUT2D eigenvalue weighted by Gasteiger charge is -2.16. The Kier molecular flexibility index (Phi) is 29.2. The Morgan fingerprint density at radius 1 is 0.486 bits per heavy atom. The number of ether oxygens (including phenoxy) is 6. The van der Waals surface area contributed by atoms with Crippen molar-refractivity contribution in [2.24, 2.45) is 0 Å². The molecule has 4 aliphatic rings. The van der Waals surface area contributed by atoms with Gasteiger partial charge in [0.25, 0.3) is 11.8 Å². The van der Waals surface area contributed by atoms with Gasteiger partial charge in [-0.15, -0.1) is 0 Å². The molecule has 22 nitrogen and oxygen atoms in total. The van der Waals surface area contributed by atoms with Crippen LogP contribution in [-0.2, 0) is 42.8 Å². The summed E-state index contributed by atoms with van der Waals surface area (Å²) in [6.45, 7) is 8.32. The van der Waals surface area contributed by atoms with Crippen molar-refractivity contribution in [2.45, 2.75) is 119 Å². The minimum absolute atomic E-state index is 0.0481. The van der Waals surface area contributed by atoms with E-state index < -0.39 is 0 Å². The third kappa shape index (κ3) is 24.1. The Balaban J connectivity index is 0.767. The monoisotopic (exact) mass is 1080 g/mol. The van der Waals surface area contributed by atoms with Crippen LogP contribution in [0.25, 0.3) is 0 Å². The highest BCUT2D eigenvalue weighted by atomic mass is 32.2. The van der Waals surface area contributed by atoms with Gasteiger partial charge in [0.15, 0.2) is 0 Å². The number of carbonyl (C=O) groups is 7.